The van der Waals surface area contributed by atoms with Gasteiger partial charge in [-0.2, -0.15) is 4.98 Å². The third kappa shape index (κ3) is 1.71. The molecule has 2 atom stereocenters. The van der Waals surface area contributed by atoms with E-state index in [4.69, 9.17) is 10.5 Å². The van der Waals surface area contributed by atoms with Gasteiger partial charge in [-0.25, -0.2) is 4.98 Å². The van der Waals surface area contributed by atoms with E-state index in [1.165, 1.54) is 6.42 Å². The summed E-state index contributed by atoms with van der Waals surface area (Å²) in [6.45, 7) is 3.16. The molecular weight excluding hydrogens is 216 g/mol. The highest BCUT2D eigenvalue weighted by molar-refractivity contribution is 5.74. The molecule has 0 bridgehead atoms. The number of hydrogen-bond donors (Lipinski definition) is 1. The summed E-state index contributed by atoms with van der Waals surface area (Å²) in [6, 6.07) is 3.70. The number of fused-ring (bicyclic) bond motifs is 1. The van der Waals surface area contributed by atoms with E-state index in [0.29, 0.717) is 17.7 Å². The zero-order valence-corrected chi connectivity index (χ0v) is 10.1. The minimum atomic E-state index is 0.542. The minimum Gasteiger partial charge on any atom is -0.481 e. The van der Waals surface area contributed by atoms with Crippen LogP contribution < -0.4 is 10.5 Å². The number of nitrogens with zero attached hydrogens (tertiary/aromatic N) is 3. The highest BCUT2D eigenvalue weighted by Gasteiger charge is 2.33. The van der Waals surface area contributed by atoms with Crippen molar-refractivity contribution in [1.29, 1.82) is 0 Å². The van der Waals surface area contributed by atoms with E-state index < -0.39 is 0 Å². The number of ether oxygens (including phenoxy) is 1. The maximum absolute atomic E-state index is 5.94. The van der Waals surface area contributed by atoms with Gasteiger partial charge in [0.15, 0.2) is 5.65 Å². The lowest BCUT2D eigenvalue weighted by molar-refractivity contribution is 0.399. The van der Waals surface area contributed by atoms with Gasteiger partial charge in [0.05, 0.1) is 7.11 Å². The van der Waals surface area contributed by atoms with E-state index in [9.17, 15) is 0 Å². The van der Waals surface area contributed by atoms with Crippen molar-refractivity contribution >= 4 is 17.1 Å². The van der Waals surface area contributed by atoms with Crippen molar-refractivity contribution in [2.24, 2.45) is 11.8 Å². The summed E-state index contributed by atoms with van der Waals surface area (Å²) in [5, 5.41) is 0. The van der Waals surface area contributed by atoms with E-state index in [1.807, 2.05) is 10.6 Å². The summed E-state index contributed by atoms with van der Waals surface area (Å²) < 4.78 is 7.13. The molecule has 0 saturated heterocycles. The topological polar surface area (TPSA) is 66.0 Å². The number of nitrogen functional groups attached to an aromatic ring is 1. The predicted molar refractivity (Wildman–Crippen MR) is 65.8 cm³/mol. The molecule has 1 aliphatic carbocycles. The van der Waals surface area contributed by atoms with Gasteiger partial charge in [-0.1, -0.05) is 6.92 Å². The third-order valence-corrected chi connectivity index (χ3v) is 3.50. The van der Waals surface area contributed by atoms with E-state index in [-0.39, 0.29) is 0 Å². The van der Waals surface area contributed by atoms with Crippen molar-refractivity contribution in [3.05, 3.63) is 12.1 Å². The Morgan fingerprint density at radius 3 is 2.88 bits per heavy atom. The fraction of sp³-hybridized carbons (Fsp3) is 0.500. The van der Waals surface area contributed by atoms with Gasteiger partial charge in [0, 0.05) is 12.6 Å². The molecule has 90 valence electrons. The second-order valence-electron chi connectivity index (χ2n) is 4.75. The van der Waals surface area contributed by atoms with Crippen molar-refractivity contribution < 1.29 is 4.74 Å². The summed E-state index contributed by atoms with van der Waals surface area (Å²) >= 11 is 0. The number of aromatic nitrogens is 3. The van der Waals surface area contributed by atoms with Crippen molar-refractivity contribution in [2.75, 3.05) is 12.8 Å². The third-order valence-electron chi connectivity index (χ3n) is 3.50. The molecule has 5 nitrogen and oxygen atoms in total. The number of rotatable bonds is 3. The maximum atomic E-state index is 5.94. The fourth-order valence-electron chi connectivity index (χ4n) is 2.18. The Morgan fingerprint density at radius 1 is 1.47 bits per heavy atom. The molecule has 17 heavy (non-hydrogen) atoms. The molecule has 2 unspecified atom stereocenters. The zero-order valence-electron chi connectivity index (χ0n) is 10.1. The second-order valence-corrected chi connectivity index (χ2v) is 4.75. The minimum absolute atomic E-state index is 0.542. The molecule has 0 amide bonds. The van der Waals surface area contributed by atoms with Crippen molar-refractivity contribution in [3.63, 3.8) is 0 Å². The molecule has 1 saturated carbocycles. The summed E-state index contributed by atoms with van der Waals surface area (Å²) in [5.74, 6) is 2.64. The van der Waals surface area contributed by atoms with Gasteiger partial charge in [0.2, 0.25) is 11.8 Å². The molecule has 3 rings (SSSR count). The Labute approximate surface area is 99.6 Å². The van der Waals surface area contributed by atoms with Crippen LogP contribution >= 0.6 is 0 Å². The van der Waals surface area contributed by atoms with Gasteiger partial charge >= 0.3 is 0 Å². The highest BCUT2D eigenvalue weighted by atomic mass is 16.5. The first kappa shape index (κ1) is 10.4. The lowest BCUT2D eigenvalue weighted by atomic mass is 10.3. The molecule has 2 heterocycles. The first-order chi connectivity index (χ1) is 8.19. The molecule has 0 aliphatic heterocycles. The van der Waals surface area contributed by atoms with Crippen LogP contribution in [-0.4, -0.2) is 21.6 Å². The summed E-state index contributed by atoms with van der Waals surface area (Å²) in [5.41, 5.74) is 7.59. The molecule has 5 heteroatoms. The lowest BCUT2D eigenvalue weighted by Gasteiger charge is -2.05. The molecule has 2 N–H and O–H groups in total. The van der Waals surface area contributed by atoms with Crippen LogP contribution in [0.3, 0.4) is 0 Å². The largest absolute Gasteiger partial charge is 0.481 e. The smallest absolute Gasteiger partial charge is 0.215 e. The molecule has 2 aromatic heterocycles. The van der Waals surface area contributed by atoms with E-state index in [0.717, 1.165) is 23.6 Å². The lowest BCUT2D eigenvalue weighted by Crippen LogP contribution is -2.06. The van der Waals surface area contributed by atoms with Gasteiger partial charge in [-0.05, 0) is 24.3 Å². The van der Waals surface area contributed by atoms with E-state index in [1.54, 1.807) is 13.2 Å². The molecule has 0 spiro atoms. The number of hydrogen-bond acceptors (Lipinski definition) is 4. The predicted octanol–water partition coefficient (Wildman–Crippen LogP) is 1.68. The number of pyridine rings is 1. The number of anilines is 1. The summed E-state index contributed by atoms with van der Waals surface area (Å²) in [4.78, 5) is 8.74. The highest BCUT2D eigenvalue weighted by Crippen LogP contribution is 2.40. The first-order valence-electron chi connectivity index (χ1n) is 5.86. The van der Waals surface area contributed by atoms with E-state index in [2.05, 4.69) is 16.9 Å². The van der Waals surface area contributed by atoms with Gasteiger partial charge < -0.3 is 10.5 Å². The fourth-order valence-corrected chi connectivity index (χ4v) is 2.18. The Bertz CT molecular complexity index is 563. The van der Waals surface area contributed by atoms with Crippen LogP contribution in [0.2, 0.25) is 0 Å². The standard InChI is InChI=1S/C12H16N4O/c1-7-5-8(7)6-16-11-9(14-12(16)13)3-4-10(15-11)17-2/h3-4,7-8H,5-6H2,1-2H3,(H2,13,14). The quantitative estimate of drug-likeness (QED) is 0.874. The Hall–Kier alpha value is -1.78. The van der Waals surface area contributed by atoms with Crippen molar-refractivity contribution in [1.82, 2.24) is 14.5 Å². The molecule has 1 fully saturated rings. The SMILES string of the molecule is COc1ccc2nc(N)n(CC3CC3C)c2n1. The van der Waals surface area contributed by atoms with Crippen LogP contribution in [0.15, 0.2) is 12.1 Å². The first-order valence-corrected chi connectivity index (χ1v) is 5.86. The average Bonchev–Trinajstić information content (AvgIpc) is 2.93. The van der Waals surface area contributed by atoms with Crippen LogP contribution in [0.25, 0.3) is 11.2 Å². The van der Waals surface area contributed by atoms with Crippen LogP contribution in [-0.2, 0) is 6.54 Å². The number of imidazole rings is 1. The van der Waals surface area contributed by atoms with Crippen LogP contribution in [0.1, 0.15) is 13.3 Å². The summed E-state index contributed by atoms with van der Waals surface area (Å²) in [7, 11) is 1.61. The van der Waals surface area contributed by atoms with E-state index >= 15 is 0 Å². The maximum Gasteiger partial charge on any atom is 0.215 e. The van der Waals surface area contributed by atoms with Crippen molar-refractivity contribution in [3.8, 4) is 5.88 Å². The second kappa shape index (κ2) is 3.61. The average molecular weight is 232 g/mol. The van der Waals surface area contributed by atoms with Crippen molar-refractivity contribution in [2.45, 2.75) is 19.9 Å². The van der Waals surface area contributed by atoms with Gasteiger partial charge in [0.1, 0.15) is 5.52 Å². The number of nitrogens with two attached hydrogens (primary N) is 1. The molecule has 0 aromatic carbocycles. The summed E-state index contributed by atoms with van der Waals surface area (Å²) in [6.07, 6.45) is 1.27. The van der Waals surface area contributed by atoms with Gasteiger partial charge in [-0.15, -0.1) is 0 Å². The number of methoxy groups -OCH3 is 1. The monoisotopic (exact) mass is 232 g/mol. The molecule has 1 aliphatic rings. The Morgan fingerprint density at radius 2 is 2.24 bits per heavy atom. The van der Waals surface area contributed by atoms with Gasteiger partial charge in [-0.3, -0.25) is 4.57 Å². The molecule has 0 radical (unpaired) electrons. The van der Waals surface area contributed by atoms with Crippen LogP contribution in [0.4, 0.5) is 5.95 Å². The molecule has 2 aromatic rings. The zero-order chi connectivity index (χ0) is 12.0. The normalized spacial score (nSPS) is 22.9. The Balaban J connectivity index is 2.04. The van der Waals surface area contributed by atoms with Gasteiger partial charge in [0.25, 0.3) is 0 Å². The van der Waals surface area contributed by atoms with Crippen LogP contribution in [0, 0.1) is 11.8 Å². The molecular formula is C12H16N4O. The van der Waals surface area contributed by atoms with Crippen LogP contribution in [0.5, 0.6) is 5.88 Å². The Kier molecular flexibility index (Phi) is 2.21.